The minimum Gasteiger partial charge on any atom is -0.356 e. The van der Waals surface area contributed by atoms with Crippen molar-refractivity contribution in [3.8, 4) is 6.07 Å². The molecule has 148 valence electrons. The number of carbonyl (C=O) groups excluding carboxylic acids is 1. The van der Waals surface area contributed by atoms with Crippen LogP contribution in [-0.4, -0.2) is 47.1 Å². The largest absolute Gasteiger partial charge is 0.356 e. The molecule has 2 aromatic heterocycles. The Labute approximate surface area is 173 Å². The number of nitriles is 1. The highest BCUT2D eigenvalue weighted by Gasteiger charge is 2.23. The number of nitrogens with one attached hydrogen (secondary N) is 1. The third-order valence-electron chi connectivity index (χ3n) is 5.08. The van der Waals surface area contributed by atoms with E-state index < -0.39 is 0 Å². The number of piperidine rings is 1. The molecule has 0 unspecified atom stereocenters. The SMILES string of the molecule is CN(Cc1nc2ccccc2s1)C(=O)NC1CCN(c2ccc(C#N)cn2)CC1. The maximum atomic E-state index is 12.6. The summed E-state index contributed by atoms with van der Waals surface area (Å²) >= 11 is 1.62. The van der Waals surface area contributed by atoms with Gasteiger partial charge in [0.05, 0.1) is 22.3 Å². The van der Waals surface area contributed by atoms with Crippen molar-refractivity contribution >= 4 is 33.4 Å². The number of urea groups is 1. The molecule has 3 aromatic rings. The van der Waals surface area contributed by atoms with Gasteiger partial charge in [0.1, 0.15) is 16.9 Å². The number of amides is 2. The summed E-state index contributed by atoms with van der Waals surface area (Å²) in [5, 5.41) is 13.0. The van der Waals surface area contributed by atoms with Gasteiger partial charge in [0.15, 0.2) is 0 Å². The molecular formula is C21H22N6OS. The first-order valence-electron chi connectivity index (χ1n) is 9.59. The minimum absolute atomic E-state index is 0.0702. The zero-order valence-electron chi connectivity index (χ0n) is 16.2. The maximum Gasteiger partial charge on any atom is 0.317 e. The molecule has 7 nitrogen and oxygen atoms in total. The zero-order valence-corrected chi connectivity index (χ0v) is 17.0. The second-order valence-electron chi connectivity index (χ2n) is 7.16. The Morgan fingerprint density at radius 3 is 2.79 bits per heavy atom. The molecule has 1 N–H and O–H groups in total. The van der Waals surface area contributed by atoms with Gasteiger partial charge in [0.2, 0.25) is 0 Å². The van der Waals surface area contributed by atoms with E-state index in [0.717, 1.165) is 47.0 Å². The monoisotopic (exact) mass is 406 g/mol. The lowest BCUT2D eigenvalue weighted by Gasteiger charge is -2.33. The molecule has 29 heavy (non-hydrogen) atoms. The lowest BCUT2D eigenvalue weighted by atomic mass is 10.1. The molecule has 0 aliphatic carbocycles. The number of hydrogen-bond acceptors (Lipinski definition) is 6. The van der Waals surface area contributed by atoms with Crippen molar-refractivity contribution in [3.63, 3.8) is 0 Å². The Balaban J connectivity index is 1.28. The van der Waals surface area contributed by atoms with Crippen LogP contribution in [0.25, 0.3) is 10.2 Å². The van der Waals surface area contributed by atoms with E-state index in [9.17, 15) is 4.79 Å². The molecule has 1 aromatic carbocycles. The summed E-state index contributed by atoms with van der Waals surface area (Å²) in [7, 11) is 1.80. The number of fused-ring (bicyclic) bond motifs is 1. The molecule has 3 heterocycles. The van der Waals surface area contributed by atoms with E-state index in [-0.39, 0.29) is 12.1 Å². The second-order valence-corrected chi connectivity index (χ2v) is 8.27. The van der Waals surface area contributed by atoms with Crippen LogP contribution in [0.4, 0.5) is 10.6 Å². The summed E-state index contributed by atoms with van der Waals surface area (Å²) in [6.45, 7) is 2.15. The summed E-state index contributed by atoms with van der Waals surface area (Å²) in [4.78, 5) is 25.4. The molecule has 0 atom stereocenters. The van der Waals surface area contributed by atoms with Crippen LogP contribution >= 0.6 is 11.3 Å². The van der Waals surface area contributed by atoms with Crippen LogP contribution in [0.3, 0.4) is 0 Å². The molecule has 1 saturated heterocycles. The minimum atomic E-state index is -0.0702. The first-order valence-corrected chi connectivity index (χ1v) is 10.4. The Morgan fingerprint density at radius 2 is 2.10 bits per heavy atom. The predicted molar refractivity (Wildman–Crippen MR) is 114 cm³/mol. The number of para-hydroxylation sites is 1. The molecule has 0 spiro atoms. The van der Waals surface area contributed by atoms with Gasteiger partial charge in [0.25, 0.3) is 0 Å². The van der Waals surface area contributed by atoms with Crippen LogP contribution in [0.15, 0.2) is 42.6 Å². The van der Waals surface area contributed by atoms with Crippen LogP contribution in [0.5, 0.6) is 0 Å². The third-order valence-corrected chi connectivity index (χ3v) is 6.10. The highest BCUT2D eigenvalue weighted by atomic mass is 32.1. The molecule has 8 heteroatoms. The number of pyridine rings is 1. The van der Waals surface area contributed by atoms with E-state index in [1.165, 1.54) is 0 Å². The van der Waals surface area contributed by atoms with Crippen LogP contribution < -0.4 is 10.2 Å². The van der Waals surface area contributed by atoms with Crippen molar-refractivity contribution in [3.05, 3.63) is 53.2 Å². The smallest absolute Gasteiger partial charge is 0.317 e. The van der Waals surface area contributed by atoms with E-state index in [2.05, 4.69) is 26.3 Å². The Morgan fingerprint density at radius 1 is 1.31 bits per heavy atom. The number of rotatable bonds is 4. The molecule has 1 fully saturated rings. The van der Waals surface area contributed by atoms with Gasteiger partial charge >= 0.3 is 6.03 Å². The quantitative estimate of drug-likeness (QED) is 0.718. The number of benzene rings is 1. The van der Waals surface area contributed by atoms with E-state index in [1.807, 2.05) is 30.3 Å². The molecule has 0 saturated carbocycles. The van der Waals surface area contributed by atoms with Gasteiger partial charge in [-0.05, 0) is 37.1 Å². The first kappa shape index (κ1) is 19.2. The number of aromatic nitrogens is 2. The van der Waals surface area contributed by atoms with Crippen LogP contribution in [0.2, 0.25) is 0 Å². The fourth-order valence-corrected chi connectivity index (χ4v) is 4.46. The van der Waals surface area contributed by atoms with Gasteiger partial charge in [-0.2, -0.15) is 5.26 Å². The fraction of sp³-hybridized carbons (Fsp3) is 0.333. The van der Waals surface area contributed by atoms with Crippen LogP contribution in [-0.2, 0) is 6.54 Å². The van der Waals surface area contributed by atoms with Crippen molar-refractivity contribution in [2.45, 2.75) is 25.4 Å². The van der Waals surface area contributed by atoms with Gasteiger partial charge in [0, 0.05) is 32.4 Å². The highest BCUT2D eigenvalue weighted by Crippen LogP contribution is 2.22. The number of nitrogens with zero attached hydrogens (tertiary/aromatic N) is 5. The van der Waals surface area contributed by atoms with Crippen molar-refractivity contribution < 1.29 is 4.79 Å². The van der Waals surface area contributed by atoms with Gasteiger partial charge in [-0.1, -0.05) is 12.1 Å². The molecule has 1 aliphatic heterocycles. The summed E-state index contributed by atoms with van der Waals surface area (Å²) in [5.74, 6) is 0.877. The van der Waals surface area contributed by atoms with Crippen molar-refractivity contribution in [1.29, 1.82) is 5.26 Å². The molecule has 0 bridgehead atoms. The van der Waals surface area contributed by atoms with E-state index in [1.54, 1.807) is 35.5 Å². The molecular weight excluding hydrogens is 384 g/mol. The highest BCUT2D eigenvalue weighted by molar-refractivity contribution is 7.18. The fourth-order valence-electron chi connectivity index (χ4n) is 3.44. The normalized spacial score (nSPS) is 14.6. The maximum absolute atomic E-state index is 12.6. The Kier molecular flexibility index (Phi) is 5.58. The molecule has 4 rings (SSSR count). The van der Waals surface area contributed by atoms with Crippen LogP contribution in [0.1, 0.15) is 23.4 Å². The lowest BCUT2D eigenvalue weighted by Crippen LogP contribution is -2.48. The number of carbonyl (C=O) groups is 1. The average molecular weight is 407 g/mol. The number of thiazole rings is 1. The average Bonchev–Trinajstić information content (AvgIpc) is 3.16. The molecule has 0 radical (unpaired) electrons. The summed E-state index contributed by atoms with van der Waals surface area (Å²) < 4.78 is 1.14. The summed E-state index contributed by atoms with van der Waals surface area (Å²) in [5.41, 5.74) is 1.54. The van der Waals surface area contributed by atoms with Gasteiger partial charge in [-0.15, -0.1) is 11.3 Å². The Hall–Kier alpha value is -3.18. The van der Waals surface area contributed by atoms with E-state index in [0.29, 0.717) is 12.1 Å². The molecule has 1 aliphatic rings. The van der Waals surface area contributed by atoms with Gasteiger partial charge in [-0.25, -0.2) is 14.8 Å². The number of anilines is 1. The zero-order chi connectivity index (χ0) is 20.2. The first-order chi connectivity index (χ1) is 14.1. The number of hydrogen-bond donors (Lipinski definition) is 1. The van der Waals surface area contributed by atoms with Crippen LogP contribution in [0, 0.1) is 11.3 Å². The molecule has 2 amide bonds. The third kappa shape index (κ3) is 4.46. The van der Waals surface area contributed by atoms with E-state index >= 15 is 0 Å². The topological polar surface area (TPSA) is 85.2 Å². The van der Waals surface area contributed by atoms with Crippen molar-refractivity contribution in [2.24, 2.45) is 0 Å². The summed E-state index contributed by atoms with van der Waals surface area (Å²) in [6, 6.07) is 13.8. The van der Waals surface area contributed by atoms with Gasteiger partial charge in [-0.3, -0.25) is 0 Å². The van der Waals surface area contributed by atoms with Gasteiger partial charge < -0.3 is 15.1 Å². The summed E-state index contributed by atoms with van der Waals surface area (Å²) in [6.07, 6.45) is 3.32. The van der Waals surface area contributed by atoms with Crippen molar-refractivity contribution in [1.82, 2.24) is 20.2 Å². The predicted octanol–water partition coefficient (Wildman–Crippen LogP) is 3.37. The van der Waals surface area contributed by atoms with E-state index in [4.69, 9.17) is 5.26 Å². The lowest BCUT2D eigenvalue weighted by molar-refractivity contribution is 0.200. The second kappa shape index (κ2) is 8.45. The standard InChI is InChI=1S/C21H22N6OS/c1-26(14-20-25-17-4-2-3-5-18(17)29-20)21(28)24-16-8-10-27(11-9-16)19-7-6-15(12-22)13-23-19/h2-7,13,16H,8-11,14H2,1H3,(H,24,28). The Bertz CT molecular complexity index is 1000. The van der Waals surface area contributed by atoms with Crippen molar-refractivity contribution in [2.75, 3.05) is 25.0 Å².